The molecule has 0 aliphatic carbocycles. The minimum Gasteiger partial charge on any atom is -0.370 e. The van der Waals surface area contributed by atoms with Crippen molar-refractivity contribution in [3.63, 3.8) is 0 Å². The molecule has 0 fully saturated rings. The molecule has 0 amide bonds. The second-order valence-electron chi connectivity index (χ2n) is 4.46. The number of terminal acetylenes is 1. The molecule has 19 heavy (non-hydrogen) atoms. The van der Waals surface area contributed by atoms with Crippen LogP contribution in [-0.4, -0.2) is 5.11 Å². The van der Waals surface area contributed by atoms with Gasteiger partial charge in [0.15, 0.2) is 5.60 Å². The molecular formula is C18H16O. The van der Waals surface area contributed by atoms with Crippen LogP contribution in [0, 0.1) is 12.3 Å². The summed E-state index contributed by atoms with van der Waals surface area (Å²) in [6, 6.07) is 19.1. The molecule has 2 aromatic carbocycles. The van der Waals surface area contributed by atoms with Crippen LogP contribution < -0.4 is 0 Å². The second kappa shape index (κ2) is 5.56. The Kier molecular flexibility index (Phi) is 3.85. The van der Waals surface area contributed by atoms with Gasteiger partial charge in [-0.3, -0.25) is 0 Å². The highest BCUT2D eigenvalue weighted by Crippen LogP contribution is 2.29. The molecule has 2 rings (SSSR count). The molecule has 0 spiro atoms. The predicted octanol–water partition coefficient (Wildman–Crippen LogP) is 3.61. The van der Waals surface area contributed by atoms with Crippen LogP contribution in [-0.2, 0) is 5.60 Å². The molecule has 1 atom stereocenters. The lowest BCUT2D eigenvalue weighted by atomic mass is 9.86. The first kappa shape index (κ1) is 13.1. The fourth-order valence-corrected chi connectivity index (χ4v) is 2.01. The zero-order valence-electron chi connectivity index (χ0n) is 10.9. The molecule has 0 aromatic heterocycles. The Morgan fingerprint density at radius 3 is 2.11 bits per heavy atom. The first-order valence-corrected chi connectivity index (χ1v) is 6.16. The molecule has 0 aliphatic rings. The lowest BCUT2D eigenvalue weighted by molar-refractivity contribution is 0.142. The fourth-order valence-electron chi connectivity index (χ4n) is 2.01. The summed E-state index contributed by atoms with van der Waals surface area (Å²) in [5.74, 6) is 2.50. The molecule has 1 N–H and O–H groups in total. The summed E-state index contributed by atoms with van der Waals surface area (Å²) in [4.78, 5) is 0. The van der Waals surface area contributed by atoms with E-state index >= 15 is 0 Å². The van der Waals surface area contributed by atoms with Gasteiger partial charge in [0.1, 0.15) is 0 Å². The van der Waals surface area contributed by atoms with Gasteiger partial charge in [0, 0.05) is 5.56 Å². The van der Waals surface area contributed by atoms with Gasteiger partial charge >= 0.3 is 0 Å². The van der Waals surface area contributed by atoms with Gasteiger partial charge in [-0.25, -0.2) is 0 Å². The molecule has 0 radical (unpaired) electrons. The molecule has 1 unspecified atom stereocenters. The quantitative estimate of drug-likeness (QED) is 0.823. The Morgan fingerprint density at radius 1 is 1.05 bits per heavy atom. The Hall–Kier alpha value is -2.30. The average Bonchev–Trinajstić information content (AvgIpc) is 2.48. The number of rotatable bonds is 3. The third-order valence-corrected chi connectivity index (χ3v) is 3.15. The van der Waals surface area contributed by atoms with Gasteiger partial charge in [-0.05, 0) is 18.1 Å². The van der Waals surface area contributed by atoms with E-state index in [2.05, 4.69) is 5.92 Å². The van der Waals surface area contributed by atoms with Gasteiger partial charge in [-0.15, -0.1) is 6.42 Å². The first-order valence-electron chi connectivity index (χ1n) is 6.16. The van der Waals surface area contributed by atoms with Crippen molar-refractivity contribution in [3.05, 3.63) is 77.4 Å². The first-order chi connectivity index (χ1) is 9.16. The van der Waals surface area contributed by atoms with Crippen molar-refractivity contribution >= 4 is 6.08 Å². The molecule has 2 aromatic rings. The van der Waals surface area contributed by atoms with E-state index in [4.69, 9.17) is 6.42 Å². The Balaban J connectivity index is 2.43. The van der Waals surface area contributed by atoms with Crippen molar-refractivity contribution < 1.29 is 5.11 Å². The highest BCUT2D eigenvalue weighted by Gasteiger charge is 2.28. The van der Waals surface area contributed by atoms with E-state index in [1.165, 1.54) is 0 Å². The molecule has 0 saturated carbocycles. The maximum atomic E-state index is 10.7. The monoisotopic (exact) mass is 248 g/mol. The van der Waals surface area contributed by atoms with Gasteiger partial charge in [0.25, 0.3) is 0 Å². The normalized spacial score (nSPS) is 14.5. The Morgan fingerprint density at radius 2 is 1.58 bits per heavy atom. The maximum Gasteiger partial charge on any atom is 0.172 e. The zero-order chi connectivity index (χ0) is 13.7. The summed E-state index contributed by atoms with van der Waals surface area (Å²) >= 11 is 0. The molecule has 1 nitrogen and oxygen atoms in total. The van der Waals surface area contributed by atoms with Crippen LogP contribution in [0.5, 0.6) is 0 Å². The van der Waals surface area contributed by atoms with Crippen molar-refractivity contribution in [2.24, 2.45) is 0 Å². The third kappa shape index (κ3) is 2.76. The van der Waals surface area contributed by atoms with Crippen molar-refractivity contribution in [1.29, 1.82) is 0 Å². The van der Waals surface area contributed by atoms with E-state index in [-0.39, 0.29) is 0 Å². The van der Waals surface area contributed by atoms with Crippen LogP contribution in [0.15, 0.2) is 66.2 Å². The van der Waals surface area contributed by atoms with E-state index in [9.17, 15) is 5.11 Å². The summed E-state index contributed by atoms with van der Waals surface area (Å²) in [5.41, 5.74) is 1.09. The van der Waals surface area contributed by atoms with Gasteiger partial charge < -0.3 is 5.11 Å². The highest BCUT2D eigenvalue weighted by atomic mass is 16.3. The molecule has 94 valence electrons. The van der Waals surface area contributed by atoms with Crippen LogP contribution in [0.2, 0.25) is 0 Å². The van der Waals surface area contributed by atoms with E-state index in [0.29, 0.717) is 5.56 Å². The number of benzene rings is 2. The zero-order valence-corrected chi connectivity index (χ0v) is 10.9. The molecule has 1 heteroatoms. The fraction of sp³-hybridized carbons (Fsp3) is 0.111. The number of hydrogen-bond donors (Lipinski definition) is 1. The molecule has 0 bridgehead atoms. The minimum atomic E-state index is -1.36. The standard InChI is InChI=1S/C18H16O/c1-3-18(19,17-12-8-5-9-13-17)15(2)14-16-10-6-4-7-11-16/h1,4-14,19H,2H3. The Labute approximate surface area is 114 Å². The van der Waals surface area contributed by atoms with E-state index in [1.54, 1.807) is 0 Å². The van der Waals surface area contributed by atoms with Gasteiger partial charge in [-0.2, -0.15) is 0 Å². The van der Waals surface area contributed by atoms with E-state index < -0.39 is 5.60 Å². The van der Waals surface area contributed by atoms with Crippen LogP contribution in [0.1, 0.15) is 18.1 Å². The molecular weight excluding hydrogens is 232 g/mol. The van der Waals surface area contributed by atoms with E-state index in [1.807, 2.05) is 73.7 Å². The number of hydrogen-bond acceptors (Lipinski definition) is 1. The van der Waals surface area contributed by atoms with Gasteiger partial charge in [-0.1, -0.05) is 72.7 Å². The van der Waals surface area contributed by atoms with Crippen molar-refractivity contribution in [1.82, 2.24) is 0 Å². The van der Waals surface area contributed by atoms with Crippen molar-refractivity contribution in [3.8, 4) is 12.3 Å². The molecule has 0 aliphatic heterocycles. The van der Waals surface area contributed by atoms with Crippen molar-refractivity contribution in [2.75, 3.05) is 0 Å². The van der Waals surface area contributed by atoms with Crippen LogP contribution in [0.25, 0.3) is 6.08 Å². The topological polar surface area (TPSA) is 20.2 Å². The summed E-state index contributed by atoms with van der Waals surface area (Å²) < 4.78 is 0. The maximum absolute atomic E-state index is 10.7. The van der Waals surface area contributed by atoms with Crippen LogP contribution >= 0.6 is 0 Å². The average molecular weight is 248 g/mol. The smallest absolute Gasteiger partial charge is 0.172 e. The summed E-state index contributed by atoms with van der Waals surface area (Å²) in [5, 5.41) is 10.7. The van der Waals surface area contributed by atoms with E-state index in [0.717, 1.165) is 11.1 Å². The van der Waals surface area contributed by atoms with Crippen LogP contribution in [0.4, 0.5) is 0 Å². The SMILES string of the molecule is C#CC(O)(C(C)=Cc1ccccc1)c1ccccc1. The minimum absolute atomic E-state index is 0.710. The van der Waals surface area contributed by atoms with Crippen molar-refractivity contribution in [2.45, 2.75) is 12.5 Å². The summed E-state index contributed by atoms with van der Waals surface area (Å²) in [6.07, 6.45) is 7.46. The summed E-state index contributed by atoms with van der Waals surface area (Å²) in [7, 11) is 0. The molecule has 0 saturated heterocycles. The predicted molar refractivity (Wildman–Crippen MR) is 79.3 cm³/mol. The number of aliphatic hydroxyl groups is 1. The van der Waals surface area contributed by atoms with Crippen LogP contribution in [0.3, 0.4) is 0 Å². The van der Waals surface area contributed by atoms with Gasteiger partial charge in [0.2, 0.25) is 0 Å². The second-order valence-corrected chi connectivity index (χ2v) is 4.46. The lowest BCUT2D eigenvalue weighted by Gasteiger charge is -2.24. The Bertz CT molecular complexity index is 605. The van der Waals surface area contributed by atoms with Gasteiger partial charge in [0.05, 0.1) is 0 Å². The largest absolute Gasteiger partial charge is 0.370 e. The third-order valence-electron chi connectivity index (χ3n) is 3.15. The summed E-state index contributed by atoms with van der Waals surface area (Å²) in [6.45, 7) is 1.85. The molecule has 0 heterocycles. The lowest BCUT2D eigenvalue weighted by Crippen LogP contribution is -2.24. The highest BCUT2D eigenvalue weighted by molar-refractivity contribution is 5.58.